The van der Waals surface area contributed by atoms with E-state index in [0.717, 1.165) is 5.56 Å². The average molecular weight is 263 g/mol. The maximum Gasteiger partial charge on any atom is 0.331 e. The zero-order chi connectivity index (χ0) is 14.1. The van der Waals surface area contributed by atoms with Crippen molar-refractivity contribution in [1.29, 1.82) is 0 Å². The van der Waals surface area contributed by atoms with E-state index < -0.39 is 6.04 Å². The lowest BCUT2D eigenvalue weighted by Crippen LogP contribution is -2.25. The molecule has 1 rings (SSSR count). The highest BCUT2D eigenvalue weighted by Gasteiger charge is 2.19. The normalized spacial score (nSPS) is 12.9. The van der Waals surface area contributed by atoms with Crippen LogP contribution in [0.2, 0.25) is 0 Å². The number of carbonyl (C=O) groups excluding carboxylic acids is 1. The van der Waals surface area contributed by atoms with E-state index in [-0.39, 0.29) is 5.97 Å². The minimum absolute atomic E-state index is 0.314. The fourth-order valence-corrected chi connectivity index (χ4v) is 1.72. The second-order valence-corrected chi connectivity index (χ2v) is 4.04. The molecule has 0 fully saturated rings. The summed E-state index contributed by atoms with van der Waals surface area (Å²) in [5.74, 6) is 0.196. The number of hydrogen-bond donors (Lipinski definition) is 0. The van der Waals surface area contributed by atoms with Gasteiger partial charge in [-0.3, -0.25) is 0 Å². The van der Waals surface area contributed by atoms with Gasteiger partial charge in [0.2, 0.25) is 0 Å². The predicted molar refractivity (Wildman–Crippen MR) is 75.3 cm³/mol. The molecule has 4 nitrogen and oxygen atoms in total. The van der Waals surface area contributed by atoms with Crippen LogP contribution in [0.25, 0.3) is 0 Å². The van der Waals surface area contributed by atoms with Crippen molar-refractivity contribution in [3.63, 3.8) is 0 Å². The van der Waals surface area contributed by atoms with Gasteiger partial charge in [-0.1, -0.05) is 30.3 Å². The molecule has 0 aliphatic heterocycles. The molecule has 0 bridgehead atoms. The van der Waals surface area contributed by atoms with Gasteiger partial charge in [0.25, 0.3) is 0 Å². The standard InChI is InChI=1S/C15H21NO3/c1-4-18-12(3)16-14(15(17)19-5-2)11-13-9-7-6-8-10-13/h6-10,14H,4-5,11H2,1-3H3/t14-/m0/s1. The largest absolute Gasteiger partial charge is 0.481 e. The van der Waals surface area contributed by atoms with E-state index in [4.69, 9.17) is 9.47 Å². The first-order valence-electron chi connectivity index (χ1n) is 6.55. The Kier molecular flexibility index (Phi) is 6.64. The third kappa shape index (κ3) is 5.55. The Morgan fingerprint density at radius 1 is 1.16 bits per heavy atom. The maximum atomic E-state index is 11.9. The molecule has 0 amide bonds. The highest BCUT2D eigenvalue weighted by Crippen LogP contribution is 2.08. The number of nitrogens with zero attached hydrogens (tertiary/aromatic N) is 1. The van der Waals surface area contributed by atoms with Gasteiger partial charge in [-0.05, 0) is 19.4 Å². The molecule has 1 aromatic rings. The van der Waals surface area contributed by atoms with Crippen LogP contribution in [-0.2, 0) is 20.7 Å². The number of aliphatic imine (C=N–C) groups is 1. The Labute approximate surface area is 114 Å². The molecule has 0 unspecified atom stereocenters. The van der Waals surface area contributed by atoms with E-state index in [1.54, 1.807) is 13.8 Å². The minimum atomic E-state index is -0.547. The fourth-order valence-electron chi connectivity index (χ4n) is 1.72. The molecule has 0 aliphatic rings. The second-order valence-electron chi connectivity index (χ2n) is 4.04. The zero-order valence-corrected chi connectivity index (χ0v) is 11.8. The first kappa shape index (κ1) is 15.2. The molecule has 0 heterocycles. The first-order chi connectivity index (χ1) is 9.17. The van der Waals surface area contributed by atoms with Crippen molar-refractivity contribution in [2.45, 2.75) is 33.2 Å². The Bertz CT molecular complexity index is 415. The van der Waals surface area contributed by atoms with Crippen molar-refractivity contribution in [3.05, 3.63) is 35.9 Å². The van der Waals surface area contributed by atoms with Crippen LogP contribution in [0.1, 0.15) is 26.3 Å². The molecule has 1 aromatic carbocycles. The Balaban J connectivity index is 2.80. The van der Waals surface area contributed by atoms with Crippen molar-refractivity contribution >= 4 is 11.9 Å². The lowest BCUT2D eigenvalue weighted by atomic mass is 10.1. The number of benzene rings is 1. The molecule has 0 N–H and O–H groups in total. The quantitative estimate of drug-likeness (QED) is 0.450. The van der Waals surface area contributed by atoms with Gasteiger partial charge in [0.15, 0.2) is 11.9 Å². The number of hydrogen-bond acceptors (Lipinski definition) is 4. The highest BCUT2D eigenvalue weighted by molar-refractivity contribution is 5.81. The summed E-state index contributed by atoms with van der Waals surface area (Å²) in [7, 11) is 0. The molecule has 19 heavy (non-hydrogen) atoms. The molecule has 4 heteroatoms. The molecule has 1 atom stereocenters. The second kappa shape index (κ2) is 8.29. The summed E-state index contributed by atoms with van der Waals surface area (Å²) in [4.78, 5) is 16.2. The molecule has 104 valence electrons. The van der Waals surface area contributed by atoms with Gasteiger partial charge >= 0.3 is 5.97 Å². The minimum Gasteiger partial charge on any atom is -0.481 e. The van der Waals surface area contributed by atoms with Crippen molar-refractivity contribution in [2.24, 2.45) is 4.99 Å². The number of esters is 1. The van der Waals surface area contributed by atoms with Crippen LogP contribution in [0.3, 0.4) is 0 Å². The summed E-state index contributed by atoms with van der Waals surface area (Å²) >= 11 is 0. The zero-order valence-electron chi connectivity index (χ0n) is 11.8. The lowest BCUT2D eigenvalue weighted by Gasteiger charge is -2.13. The van der Waals surface area contributed by atoms with E-state index in [0.29, 0.717) is 25.5 Å². The van der Waals surface area contributed by atoms with Crippen LogP contribution < -0.4 is 0 Å². The van der Waals surface area contributed by atoms with Gasteiger partial charge in [0.05, 0.1) is 13.2 Å². The van der Waals surface area contributed by atoms with Gasteiger partial charge < -0.3 is 9.47 Å². The van der Waals surface area contributed by atoms with Crippen LogP contribution in [0.5, 0.6) is 0 Å². The number of rotatable bonds is 6. The van der Waals surface area contributed by atoms with Crippen molar-refractivity contribution in [3.8, 4) is 0 Å². The van der Waals surface area contributed by atoms with E-state index in [2.05, 4.69) is 4.99 Å². The average Bonchev–Trinajstić information content (AvgIpc) is 2.40. The van der Waals surface area contributed by atoms with Crippen LogP contribution >= 0.6 is 0 Å². The van der Waals surface area contributed by atoms with Gasteiger partial charge in [-0.25, -0.2) is 9.79 Å². The first-order valence-corrected chi connectivity index (χ1v) is 6.55. The SMILES string of the molecule is CCOC(=O)[C@H](Cc1ccccc1)N=C(C)OCC. The summed E-state index contributed by atoms with van der Waals surface area (Å²) in [5.41, 5.74) is 1.05. The highest BCUT2D eigenvalue weighted by atomic mass is 16.5. The van der Waals surface area contributed by atoms with Crippen molar-refractivity contribution in [1.82, 2.24) is 0 Å². The van der Waals surface area contributed by atoms with Gasteiger partial charge in [0, 0.05) is 13.3 Å². The van der Waals surface area contributed by atoms with Gasteiger partial charge in [-0.2, -0.15) is 0 Å². The number of ether oxygens (including phenoxy) is 2. The van der Waals surface area contributed by atoms with E-state index >= 15 is 0 Å². The summed E-state index contributed by atoms with van der Waals surface area (Å²) in [5, 5.41) is 0. The monoisotopic (exact) mass is 263 g/mol. The summed E-state index contributed by atoms with van der Waals surface area (Å²) in [6.45, 7) is 6.32. The lowest BCUT2D eigenvalue weighted by molar-refractivity contribution is -0.144. The molecular weight excluding hydrogens is 242 g/mol. The molecule has 0 radical (unpaired) electrons. The molecular formula is C15H21NO3. The predicted octanol–water partition coefficient (Wildman–Crippen LogP) is 2.62. The molecule has 0 saturated carbocycles. The van der Waals surface area contributed by atoms with E-state index in [1.165, 1.54) is 0 Å². The van der Waals surface area contributed by atoms with Crippen molar-refractivity contribution in [2.75, 3.05) is 13.2 Å². The molecule has 0 aromatic heterocycles. The fraction of sp³-hybridized carbons (Fsp3) is 0.467. The van der Waals surface area contributed by atoms with Crippen LogP contribution in [-0.4, -0.2) is 31.1 Å². The Morgan fingerprint density at radius 3 is 2.37 bits per heavy atom. The van der Waals surface area contributed by atoms with Crippen LogP contribution in [0, 0.1) is 0 Å². The van der Waals surface area contributed by atoms with Crippen LogP contribution in [0.4, 0.5) is 0 Å². The topological polar surface area (TPSA) is 47.9 Å². The van der Waals surface area contributed by atoms with E-state index in [1.807, 2.05) is 37.3 Å². The Morgan fingerprint density at radius 2 is 1.79 bits per heavy atom. The molecule has 0 spiro atoms. The Hall–Kier alpha value is -1.84. The number of carbonyl (C=O) groups is 1. The van der Waals surface area contributed by atoms with Gasteiger partial charge in [-0.15, -0.1) is 0 Å². The summed E-state index contributed by atoms with van der Waals surface area (Å²) in [6, 6.07) is 9.22. The smallest absolute Gasteiger partial charge is 0.331 e. The molecule has 0 saturated heterocycles. The van der Waals surface area contributed by atoms with Crippen molar-refractivity contribution < 1.29 is 14.3 Å². The third-order valence-corrected chi connectivity index (χ3v) is 2.52. The summed E-state index contributed by atoms with van der Waals surface area (Å²) in [6.07, 6.45) is 0.518. The molecule has 0 aliphatic carbocycles. The third-order valence-electron chi connectivity index (χ3n) is 2.52. The van der Waals surface area contributed by atoms with Gasteiger partial charge in [0.1, 0.15) is 0 Å². The maximum absolute atomic E-state index is 11.9. The van der Waals surface area contributed by atoms with E-state index in [9.17, 15) is 4.79 Å². The van der Waals surface area contributed by atoms with Crippen LogP contribution in [0.15, 0.2) is 35.3 Å². The summed E-state index contributed by atoms with van der Waals surface area (Å²) < 4.78 is 10.3.